The normalized spacial score (nSPS) is 10.5. The Hall–Kier alpha value is -2.21. The molecule has 0 radical (unpaired) electrons. The molecule has 0 spiro atoms. The molecule has 0 bridgehead atoms. The van der Waals surface area contributed by atoms with Crippen LogP contribution in [-0.2, 0) is 19.5 Å². The molecule has 106 valence electrons. The summed E-state index contributed by atoms with van der Waals surface area (Å²) < 4.78 is 1.89. The highest BCUT2D eigenvalue weighted by Gasteiger charge is 2.11. The molecule has 6 nitrogen and oxygen atoms in total. The van der Waals surface area contributed by atoms with Crippen molar-refractivity contribution in [3.05, 3.63) is 47.5 Å². The maximum Gasteiger partial charge on any atom is 0.251 e. The van der Waals surface area contributed by atoms with Gasteiger partial charge in [-0.1, -0.05) is 18.2 Å². The predicted octanol–water partition coefficient (Wildman–Crippen LogP) is 0.729. The van der Waals surface area contributed by atoms with Crippen LogP contribution in [0.2, 0.25) is 0 Å². The number of carbonyl (C=O) groups is 1. The van der Waals surface area contributed by atoms with Crippen molar-refractivity contribution in [3.8, 4) is 0 Å². The standard InChI is InChI=1S/C14H19N5O/c1-2-19-10-17-18-13(19)9-16-14(20)12-6-4-3-5-11(12)7-8-15/h3-6,10H,2,7-9,15H2,1H3,(H,16,20). The molecule has 1 aromatic carbocycles. The number of aryl methyl sites for hydroxylation is 1. The van der Waals surface area contributed by atoms with E-state index < -0.39 is 0 Å². The summed E-state index contributed by atoms with van der Waals surface area (Å²) in [6, 6.07) is 7.50. The van der Waals surface area contributed by atoms with Gasteiger partial charge in [-0.15, -0.1) is 10.2 Å². The van der Waals surface area contributed by atoms with E-state index >= 15 is 0 Å². The van der Waals surface area contributed by atoms with Gasteiger partial charge in [0.2, 0.25) is 0 Å². The number of amides is 1. The molecule has 20 heavy (non-hydrogen) atoms. The molecule has 0 saturated carbocycles. The third-order valence-corrected chi connectivity index (χ3v) is 3.12. The summed E-state index contributed by atoms with van der Waals surface area (Å²) in [4.78, 5) is 12.2. The van der Waals surface area contributed by atoms with Crippen molar-refractivity contribution in [1.82, 2.24) is 20.1 Å². The average molecular weight is 273 g/mol. The number of hydrogen-bond donors (Lipinski definition) is 2. The van der Waals surface area contributed by atoms with Gasteiger partial charge in [0.15, 0.2) is 5.82 Å². The van der Waals surface area contributed by atoms with E-state index in [-0.39, 0.29) is 5.91 Å². The molecule has 0 saturated heterocycles. The van der Waals surface area contributed by atoms with Crippen LogP contribution in [0.4, 0.5) is 0 Å². The van der Waals surface area contributed by atoms with Gasteiger partial charge in [0.05, 0.1) is 6.54 Å². The molecule has 0 fully saturated rings. The third-order valence-electron chi connectivity index (χ3n) is 3.12. The van der Waals surface area contributed by atoms with E-state index in [1.807, 2.05) is 35.8 Å². The van der Waals surface area contributed by atoms with E-state index in [4.69, 9.17) is 5.73 Å². The fraction of sp³-hybridized carbons (Fsp3) is 0.357. The Morgan fingerprint density at radius 3 is 2.95 bits per heavy atom. The number of nitrogens with zero attached hydrogens (tertiary/aromatic N) is 3. The van der Waals surface area contributed by atoms with Crippen LogP contribution in [0.5, 0.6) is 0 Å². The Morgan fingerprint density at radius 1 is 1.40 bits per heavy atom. The fourth-order valence-electron chi connectivity index (χ4n) is 2.05. The van der Waals surface area contributed by atoms with Crippen LogP contribution in [0, 0.1) is 0 Å². The Kier molecular flexibility index (Phi) is 4.84. The zero-order valence-corrected chi connectivity index (χ0v) is 11.5. The average Bonchev–Trinajstić information content (AvgIpc) is 2.93. The molecular formula is C14H19N5O. The van der Waals surface area contributed by atoms with Gasteiger partial charge in [0.25, 0.3) is 5.91 Å². The predicted molar refractivity (Wildman–Crippen MR) is 76.1 cm³/mol. The highest BCUT2D eigenvalue weighted by Crippen LogP contribution is 2.09. The topological polar surface area (TPSA) is 85.8 Å². The molecule has 1 amide bonds. The van der Waals surface area contributed by atoms with Gasteiger partial charge in [-0.05, 0) is 31.5 Å². The van der Waals surface area contributed by atoms with E-state index in [9.17, 15) is 4.79 Å². The summed E-state index contributed by atoms with van der Waals surface area (Å²) in [7, 11) is 0. The van der Waals surface area contributed by atoms with E-state index in [2.05, 4.69) is 15.5 Å². The summed E-state index contributed by atoms with van der Waals surface area (Å²) >= 11 is 0. The summed E-state index contributed by atoms with van der Waals surface area (Å²) in [5.41, 5.74) is 7.19. The number of hydrogen-bond acceptors (Lipinski definition) is 4. The summed E-state index contributed by atoms with van der Waals surface area (Å²) in [6.07, 6.45) is 2.35. The minimum Gasteiger partial charge on any atom is -0.345 e. The van der Waals surface area contributed by atoms with Crippen molar-refractivity contribution >= 4 is 5.91 Å². The molecule has 0 aliphatic heterocycles. The highest BCUT2D eigenvalue weighted by atomic mass is 16.1. The van der Waals surface area contributed by atoms with Gasteiger partial charge in [0.1, 0.15) is 6.33 Å². The van der Waals surface area contributed by atoms with Gasteiger partial charge < -0.3 is 15.6 Å². The summed E-state index contributed by atoms with van der Waals surface area (Å²) in [5, 5.41) is 10.7. The Balaban J connectivity index is 2.05. The van der Waals surface area contributed by atoms with Gasteiger partial charge >= 0.3 is 0 Å². The second-order valence-corrected chi connectivity index (χ2v) is 4.41. The number of benzene rings is 1. The zero-order chi connectivity index (χ0) is 14.4. The maximum absolute atomic E-state index is 12.2. The van der Waals surface area contributed by atoms with Crippen LogP contribution in [0.1, 0.15) is 28.7 Å². The fourth-order valence-corrected chi connectivity index (χ4v) is 2.05. The summed E-state index contributed by atoms with van der Waals surface area (Å²) in [5.74, 6) is 0.636. The molecule has 6 heteroatoms. The van der Waals surface area contributed by atoms with Crippen molar-refractivity contribution in [1.29, 1.82) is 0 Å². The Morgan fingerprint density at radius 2 is 2.20 bits per heavy atom. The van der Waals surface area contributed by atoms with Crippen LogP contribution in [0.3, 0.4) is 0 Å². The maximum atomic E-state index is 12.2. The van der Waals surface area contributed by atoms with Crippen LogP contribution in [0.25, 0.3) is 0 Å². The Labute approximate surface area is 118 Å². The molecule has 0 unspecified atom stereocenters. The molecule has 1 aromatic heterocycles. The van der Waals surface area contributed by atoms with Crippen LogP contribution < -0.4 is 11.1 Å². The smallest absolute Gasteiger partial charge is 0.251 e. The van der Waals surface area contributed by atoms with Crippen molar-refractivity contribution in [3.63, 3.8) is 0 Å². The van der Waals surface area contributed by atoms with Crippen molar-refractivity contribution < 1.29 is 4.79 Å². The van der Waals surface area contributed by atoms with Gasteiger partial charge in [-0.2, -0.15) is 0 Å². The largest absolute Gasteiger partial charge is 0.345 e. The second kappa shape index (κ2) is 6.81. The van der Waals surface area contributed by atoms with Crippen LogP contribution >= 0.6 is 0 Å². The van der Waals surface area contributed by atoms with Crippen LogP contribution in [0.15, 0.2) is 30.6 Å². The van der Waals surface area contributed by atoms with Crippen molar-refractivity contribution in [2.75, 3.05) is 6.54 Å². The zero-order valence-electron chi connectivity index (χ0n) is 11.5. The van der Waals surface area contributed by atoms with Crippen molar-refractivity contribution in [2.45, 2.75) is 26.4 Å². The molecule has 0 aliphatic carbocycles. The molecule has 2 rings (SSSR count). The number of nitrogens with one attached hydrogen (secondary N) is 1. The van der Waals surface area contributed by atoms with Crippen LogP contribution in [-0.4, -0.2) is 27.2 Å². The summed E-state index contributed by atoms with van der Waals surface area (Å²) in [6.45, 7) is 3.67. The first-order valence-corrected chi connectivity index (χ1v) is 6.69. The lowest BCUT2D eigenvalue weighted by molar-refractivity contribution is 0.0948. The molecule has 3 N–H and O–H groups in total. The minimum atomic E-state index is -0.111. The third kappa shape index (κ3) is 3.21. The number of rotatable bonds is 6. The SMILES string of the molecule is CCn1cnnc1CNC(=O)c1ccccc1CCN. The van der Waals surface area contributed by atoms with E-state index in [0.717, 1.165) is 17.9 Å². The molecule has 0 aliphatic rings. The lowest BCUT2D eigenvalue weighted by atomic mass is 10.0. The minimum absolute atomic E-state index is 0.111. The first-order chi connectivity index (χ1) is 9.76. The lowest BCUT2D eigenvalue weighted by Crippen LogP contribution is -2.26. The molecular weight excluding hydrogens is 254 g/mol. The first kappa shape index (κ1) is 14.2. The molecule has 1 heterocycles. The monoisotopic (exact) mass is 273 g/mol. The Bertz CT molecular complexity index is 578. The lowest BCUT2D eigenvalue weighted by Gasteiger charge is -2.09. The highest BCUT2D eigenvalue weighted by molar-refractivity contribution is 5.95. The van der Waals surface area contributed by atoms with Crippen molar-refractivity contribution in [2.24, 2.45) is 5.73 Å². The molecule has 2 aromatic rings. The number of aromatic nitrogens is 3. The number of nitrogens with two attached hydrogens (primary N) is 1. The quantitative estimate of drug-likeness (QED) is 0.812. The van der Waals surface area contributed by atoms with Gasteiger partial charge in [0, 0.05) is 12.1 Å². The first-order valence-electron chi connectivity index (χ1n) is 6.69. The van der Waals surface area contributed by atoms with E-state index in [1.165, 1.54) is 0 Å². The van der Waals surface area contributed by atoms with Gasteiger partial charge in [-0.25, -0.2) is 0 Å². The van der Waals surface area contributed by atoms with E-state index in [1.54, 1.807) is 6.33 Å². The van der Waals surface area contributed by atoms with E-state index in [0.29, 0.717) is 25.1 Å². The number of carbonyl (C=O) groups excluding carboxylic acids is 1. The second-order valence-electron chi connectivity index (χ2n) is 4.41. The molecule has 0 atom stereocenters. The van der Waals surface area contributed by atoms with Gasteiger partial charge in [-0.3, -0.25) is 4.79 Å².